The van der Waals surface area contributed by atoms with E-state index in [-0.39, 0.29) is 6.10 Å². The van der Waals surface area contributed by atoms with Crippen LogP contribution in [0.5, 0.6) is 5.75 Å². The van der Waals surface area contributed by atoms with Crippen LogP contribution in [0, 0.1) is 0 Å². The second kappa shape index (κ2) is 7.42. The Hall–Kier alpha value is -2.37. The zero-order valence-electron chi connectivity index (χ0n) is 12.6. The minimum atomic E-state index is 0.109. The summed E-state index contributed by atoms with van der Waals surface area (Å²) in [6, 6.07) is 7.75. The molecule has 1 aromatic heterocycles. The standard InChI is InChI=1S/C15H21N5O/c1-4-9-16-15-19-14(10-17-20-15)18-12-7-5-6-8-13(12)21-11(2)3/h5-8,10-11H,4,9H2,1-3H3,(H2,16,18,19,20). The van der Waals surface area contributed by atoms with Crippen molar-refractivity contribution in [2.24, 2.45) is 0 Å². The van der Waals surface area contributed by atoms with E-state index in [0.29, 0.717) is 11.8 Å². The lowest BCUT2D eigenvalue weighted by Gasteiger charge is -2.15. The van der Waals surface area contributed by atoms with E-state index in [2.05, 4.69) is 32.7 Å². The van der Waals surface area contributed by atoms with Gasteiger partial charge in [0, 0.05) is 6.54 Å². The minimum absolute atomic E-state index is 0.109. The average Bonchev–Trinajstić information content (AvgIpc) is 2.47. The van der Waals surface area contributed by atoms with Crippen molar-refractivity contribution in [3.8, 4) is 5.75 Å². The fourth-order valence-electron chi connectivity index (χ4n) is 1.74. The number of nitrogens with zero attached hydrogens (tertiary/aromatic N) is 3. The largest absolute Gasteiger partial charge is 0.489 e. The number of anilines is 3. The molecule has 112 valence electrons. The molecule has 2 aromatic rings. The van der Waals surface area contributed by atoms with Crippen molar-refractivity contribution in [2.45, 2.75) is 33.3 Å². The van der Waals surface area contributed by atoms with Crippen molar-refractivity contribution in [1.29, 1.82) is 0 Å². The van der Waals surface area contributed by atoms with Gasteiger partial charge in [-0.3, -0.25) is 0 Å². The van der Waals surface area contributed by atoms with Gasteiger partial charge in [0.25, 0.3) is 0 Å². The maximum Gasteiger partial charge on any atom is 0.244 e. The van der Waals surface area contributed by atoms with Crippen molar-refractivity contribution in [1.82, 2.24) is 15.2 Å². The first-order chi connectivity index (χ1) is 10.2. The lowest BCUT2D eigenvalue weighted by molar-refractivity contribution is 0.244. The average molecular weight is 287 g/mol. The van der Waals surface area contributed by atoms with Crippen LogP contribution in [-0.4, -0.2) is 27.8 Å². The van der Waals surface area contributed by atoms with E-state index >= 15 is 0 Å². The van der Waals surface area contributed by atoms with Gasteiger partial charge in [0.05, 0.1) is 18.0 Å². The molecule has 6 heteroatoms. The Labute approximate surface area is 125 Å². The fourth-order valence-corrected chi connectivity index (χ4v) is 1.74. The fraction of sp³-hybridized carbons (Fsp3) is 0.400. The van der Waals surface area contributed by atoms with E-state index < -0.39 is 0 Å². The highest BCUT2D eigenvalue weighted by molar-refractivity contribution is 5.64. The number of benzene rings is 1. The van der Waals surface area contributed by atoms with Crippen LogP contribution in [-0.2, 0) is 0 Å². The number of hydrogen-bond donors (Lipinski definition) is 2. The summed E-state index contributed by atoms with van der Waals surface area (Å²) >= 11 is 0. The molecule has 0 radical (unpaired) electrons. The molecule has 1 aromatic carbocycles. The van der Waals surface area contributed by atoms with E-state index in [0.717, 1.165) is 24.4 Å². The monoisotopic (exact) mass is 287 g/mol. The molecule has 0 aliphatic heterocycles. The Morgan fingerprint density at radius 2 is 2.05 bits per heavy atom. The highest BCUT2D eigenvalue weighted by Gasteiger charge is 2.07. The highest BCUT2D eigenvalue weighted by Crippen LogP contribution is 2.27. The third kappa shape index (κ3) is 4.59. The summed E-state index contributed by atoms with van der Waals surface area (Å²) in [6.45, 7) is 6.89. The molecule has 0 saturated carbocycles. The van der Waals surface area contributed by atoms with Gasteiger partial charge in [-0.05, 0) is 32.4 Å². The van der Waals surface area contributed by atoms with Crippen LogP contribution in [0.15, 0.2) is 30.5 Å². The van der Waals surface area contributed by atoms with Gasteiger partial charge in [-0.2, -0.15) is 10.1 Å². The number of rotatable bonds is 7. The van der Waals surface area contributed by atoms with Crippen LogP contribution in [0.1, 0.15) is 27.2 Å². The molecule has 0 atom stereocenters. The van der Waals surface area contributed by atoms with Gasteiger partial charge in [0.2, 0.25) is 5.95 Å². The molecule has 0 aliphatic rings. The molecule has 0 spiro atoms. The molecule has 0 amide bonds. The van der Waals surface area contributed by atoms with Gasteiger partial charge < -0.3 is 15.4 Å². The zero-order chi connectivity index (χ0) is 15.1. The van der Waals surface area contributed by atoms with Crippen LogP contribution < -0.4 is 15.4 Å². The lowest BCUT2D eigenvalue weighted by atomic mass is 10.3. The number of nitrogens with one attached hydrogen (secondary N) is 2. The van der Waals surface area contributed by atoms with E-state index in [1.165, 1.54) is 0 Å². The number of hydrogen-bond acceptors (Lipinski definition) is 6. The molecule has 0 bridgehead atoms. The second-order valence-electron chi connectivity index (χ2n) is 4.88. The molecular weight excluding hydrogens is 266 g/mol. The SMILES string of the molecule is CCCNc1nncc(Nc2ccccc2OC(C)C)n1. The number of aromatic nitrogens is 3. The van der Waals surface area contributed by atoms with E-state index in [1.807, 2.05) is 38.1 Å². The zero-order valence-corrected chi connectivity index (χ0v) is 12.6. The molecule has 21 heavy (non-hydrogen) atoms. The van der Waals surface area contributed by atoms with Gasteiger partial charge >= 0.3 is 0 Å². The van der Waals surface area contributed by atoms with Crippen molar-refractivity contribution in [2.75, 3.05) is 17.2 Å². The number of para-hydroxylation sites is 2. The van der Waals surface area contributed by atoms with Gasteiger partial charge in [-0.1, -0.05) is 19.1 Å². The smallest absolute Gasteiger partial charge is 0.244 e. The first-order valence-electron chi connectivity index (χ1n) is 7.15. The Kier molecular flexibility index (Phi) is 5.31. The third-order valence-corrected chi connectivity index (χ3v) is 2.60. The quantitative estimate of drug-likeness (QED) is 0.814. The van der Waals surface area contributed by atoms with Gasteiger partial charge in [0.15, 0.2) is 5.82 Å². The molecular formula is C15H21N5O. The minimum Gasteiger partial charge on any atom is -0.489 e. The molecule has 0 aliphatic carbocycles. The molecule has 2 rings (SSSR count). The van der Waals surface area contributed by atoms with Crippen LogP contribution in [0.4, 0.5) is 17.5 Å². The van der Waals surface area contributed by atoms with Crippen molar-refractivity contribution in [3.63, 3.8) is 0 Å². The normalized spacial score (nSPS) is 10.5. The maximum absolute atomic E-state index is 5.77. The molecule has 1 heterocycles. The Morgan fingerprint density at radius 3 is 2.81 bits per heavy atom. The third-order valence-electron chi connectivity index (χ3n) is 2.60. The summed E-state index contributed by atoms with van der Waals surface area (Å²) in [4.78, 5) is 4.37. The second-order valence-corrected chi connectivity index (χ2v) is 4.88. The predicted molar refractivity (Wildman–Crippen MR) is 84.1 cm³/mol. The molecule has 6 nitrogen and oxygen atoms in total. The Bertz CT molecular complexity index is 573. The van der Waals surface area contributed by atoms with Gasteiger partial charge in [-0.25, -0.2) is 0 Å². The Balaban J connectivity index is 2.14. The topological polar surface area (TPSA) is 72.0 Å². The maximum atomic E-state index is 5.77. The molecule has 0 saturated heterocycles. The molecule has 0 unspecified atom stereocenters. The van der Waals surface area contributed by atoms with Crippen molar-refractivity contribution >= 4 is 17.5 Å². The number of ether oxygens (including phenoxy) is 1. The highest BCUT2D eigenvalue weighted by atomic mass is 16.5. The Morgan fingerprint density at radius 1 is 1.24 bits per heavy atom. The molecule has 0 fully saturated rings. The van der Waals surface area contributed by atoms with Crippen LogP contribution in [0.3, 0.4) is 0 Å². The summed E-state index contributed by atoms with van der Waals surface area (Å²) in [5.41, 5.74) is 0.855. The summed E-state index contributed by atoms with van der Waals surface area (Å²) in [7, 11) is 0. The van der Waals surface area contributed by atoms with Crippen LogP contribution in [0.25, 0.3) is 0 Å². The van der Waals surface area contributed by atoms with Crippen molar-refractivity contribution in [3.05, 3.63) is 30.5 Å². The predicted octanol–water partition coefficient (Wildman–Crippen LogP) is 3.22. The first kappa shape index (κ1) is 15.0. The van der Waals surface area contributed by atoms with Gasteiger partial charge in [-0.15, -0.1) is 5.10 Å². The van der Waals surface area contributed by atoms with Crippen LogP contribution in [0.2, 0.25) is 0 Å². The lowest BCUT2D eigenvalue weighted by Crippen LogP contribution is -2.09. The molecule has 2 N–H and O–H groups in total. The van der Waals surface area contributed by atoms with Crippen LogP contribution >= 0.6 is 0 Å². The van der Waals surface area contributed by atoms with E-state index in [1.54, 1.807) is 6.20 Å². The first-order valence-corrected chi connectivity index (χ1v) is 7.15. The van der Waals surface area contributed by atoms with E-state index in [9.17, 15) is 0 Å². The summed E-state index contributed by atoms with van der Waals surface area (Å²) in [6.07, 6.45) is 2.70. The van der Waals surface area contributed by atoms with Gasteiger partial charge in [0.1, 0.15) is 5.75 Å². The summed E-state index contributed by atoms with van der Waals surface area (Å²) in [5.74, 6) is 1.93. The van der Waals surface area contributed by atoms with E-state index in [4.69, 9.17) is 4.74 Å². The summed E-state index contributed by atoms with van der Waals surface area (Å²) < 4.78 is 5.77. The summed E-state index contributed by atoms with van der Waals surface area (Å²) in [5, 5.41) is 14.2. The van der Waals surface area contributed by atoms with Crippen molar-refractivity contribution < 1.29 is 4.74 Å².